The van der Waals surface area contributed by atoms with Crippen molar-refractivity contribution >= 4 is 5.78 Å². The van der Waals surface area contributed by atoms with E-state index in [0.717, 1.165) is 19.4 Å². The third-order valence-electron chi connectivity index (χ3n) is 3.59. The van der Waals surface area contributed by atoms with Crippen LogP contribution in [0.4, 0.5) is 0 Å². The summed E-state index contributed by atoms with van der Waals surface area (Å²) in [6, 6.07) is 0.649. The van der Waals surface area contributed by atoms with Gasteiger partial charge >= 0.3 is 0 Å². The van der Waals surface area contributed by atoms with Gasteiger partial charge < -0.3 is 5.32 Å². The van der Waals surface area contributed by atoms with Gasteiger partial charge in [-0.25, -0.2) is 0 Å². The summed E-state index contributed by atoms with van der Waals surface area (Å²) in [5.74, 6) is 1.85. The van der Waals surface area contributed by atoms with Crippen molar-refractivity contribution in [3.63, 3.8) is 0 Å². The highest BCUT2D eigenvalue weighted by molar-refractivity contribution is 5.81. The van der Waals surface area contributed by atoms with E-state index in [1.54, 1.807) is 0 Å². The lowest BCUT2D eigenvalue weighted by molar-refractivity contribution is -0.117. The molecule has 0 aromatic carbocycles. The maximum absolute atomic E-state index is 11.2. The molecule has 1 aliphatic carbocycles. The van der Waals surface area contributed by atoms with Crippen molar-refractivity contribution < 1.29 is 4.79 Å². The zero-order chi connectivity index (χ0) is 9.26. The number of nitrogens with one attached hydrogen (secondary N) is 1. The predicted octanol–water partition coefficient (Wildman–Crippen LogP) is 1.74. The number of rotatable bonds is 3. The predicted molar refractivity (Wildman–Crippen MR) is 52.5 cm³/mol. The van der Waals surface area contributed by atoms with Crippen LogP contribution in [0.2, 0.25) is 0 Å². The number of Topliss-reactive ketones (excluding diaryl/α,β-unsaturated/α-hetero) is 1. The van der Waals surface area contributed by atoms with Crippen molar-refractivity contribution in [2.24, 2.45) is 11.8 Å². The van der Waals surface area contributed by atoms with Gasteiger partial charge in [0.25, 0.3) is 0 Å². The number of fused-ring (bicyclic) bond motifs is 1. The summed E-state index contributed by atoms with van der Waals surface area (Å²) in [6.45, 7) is 3.32. The zero-order valence-electron chi connectivity index (χ0n) is 8.38. The molecule has 1 saturated carbocycles. The maximum Gasteiger partial charge on any atom is 0.133 e. The first kappa shape index (κ1) is 9.20. The molecule has 1 aliphatic heterocycles. The number of unbranched alkanes of at least 4 members (excludes halogenated alkanes) is 1. The maximum atomic E-state index is 11.2. The topological polar surface area (TPSA) is 29.1 Å². The highest BCUT2D eigenvalue weighted by Gasteiger charge is 2.41. The molecular weight excluding hydrogens is 162 g/mol. The van der Waals surface area contributed by atoms with Crippen LogP contribution in [0.15, 0.2) is 0 Å². The fourth-order valence-corrected chi connectivity index (χ4v) is 2.85. The van der Waals surface area contributed by atoms with Crippen LogP contribution in [0.5, 0.6) is 0 Å². The standard InChI is InChI=1S/C11H19NO/c1-2-3-4-11-10-6-9(13)5-8(10)7-12-11/h8,10-12H,2-7H2,1H3. The van der Waals surface area contributed by atoms with Crippen LogP contribution in [0.25, 0.3) is 0 Å². The van der Waals surface area contributed by atoms with Gasteiger partial charge in [-0.05, 0) is 24.8 Å². The van der Waals surface area contributed by atoms with E-state index in [4.69, 9.17) is 0 Å². The van der Waals surface area contributed by atoms with Gasteiger partial charge in [0.15, 0.2) is 0 Å². The van der Waals surface area contributed by atoms with E-state index < -0.39 is 0 Å². The average molecular weight is 181 g/mol. The molecule has 2 aliphatic rings. The molecule has 74 valence electrons. The summed E-state index contributed by atoms with van der Waals surface area (Å²) >= 11 is 0. The Morgan fingerprint density at radius 1 is 1.46 bits per heavy atom. The van der Waals surface area contributed by atoms with Crippen molar-refractivity contribution in [2.45, 2.75) is 45.1 Å². The van der Waals surface area contributed by atoms with Crippen LogP contribution < -0.4 is 5.32 Å². The van der Waals surface area contributed by atoms with Crippen LogP contribution in [-0.4, -0.2) is 18.4 Å². The van der Waals surface area contributed by atoms with Gasteiger partial charge in [-0.2, -0.15) is 0 Å². The molecule has 0 aromatic heterocycles. The Bertz CT molecular complexity index is 202. The van der Waals surface area contributed by atoms with Crippen LogP contribution >= 0.6 is 0 Å². The zero-order valence-corrected chi connectivity index (χ0v) is 8.38. The minimum Gasteiger partial charge on any atom is -0.313 e. The molecule has 2 heteroatoms. The summed E-state index contributed by atoms with van der Waals surface area (Å²) in [6.07, 6.45) is 5.54. The van der Waals surface area contributed by atoms with E-state index in [0.29, 0.717) is 23.7 Å². The molecule has 2 fully saturated rings. The lowest BCUT2D eigenvalue weighted by Gasteiger charge is -2.16. The fraction of sp³-hybridized carbons (Fsp3) is 0.909. The van der Waals surface area contributed by atoms with Crippen molar-refractivity contribution in [1.82, 2.24) is 5.32 Å². The Kier molecular flexibility index (Phi) is 2.68. The second-order valence-electron chi connectivity index (χ2n) is 4.53. The third-order valence-corrected chi connectivity index (χ3v) is 3.59. The van der Waals surface area contributed by atoms with Crippen LogP contribution in [0, 0.1) is 11.8 Å². The molecule has 0 aromatic rings. The minimum atomic E-state index is 0.498. The molecule has 2 rings (SSSR count). The Balaban J connectivity index is 1.89. The minimum absolute atomic E-state index is 0.498. The van der Waals surface area contributed by atoms with E-state index in [2.05, 4.69) is 12.2 Å². The first-order valence-corrected chi connectivity index (χ1v) is 5.56. The van der Waals surface area contributed by atoms with E-state index in [9.17, 15) is 4.79 Å². The molecule has 0 bridgehead atoms. The van der Waals surface area contributed by atoms with E-state index >= 15 is 0 Å². The number of carbonyl (C=O) groups excluding carboxylic acids is 1. The van der Waals surface area contributed by atoms with Crippen molar-refractivity contribution in [3.8, 4) is 0 Å². The van der Waals surface area contributed by atoms with Gasteiger partial charge in [-0.3, -0.25) is 4.79 Å². The molecule has 0 spiro atoms. The Morgan fingerprint density at radius 2 is 2.31 bits per heavy atom. The van der Waals surface area contributed by atoms with Gasteiger partial charge in [0.05, 0.1) is 0 Å². The van der Waals surface area contributed by atoms with Gasteiger partial charge in [0, 0.05) is 18.9 Å². The van der Waals surface area contributed by atoms with E-state index in [-0.39, 0.29) is 0 Å². The SMILES string of the molecule is CCCCC1NCC2CC(=O)CC21. The molecular formula is C11H19NO. The molecule has 13 heavy (non-hydrogen) atoms. The van der Waals surface area contributed by atoms with Gasteiger partial charge in [-0.15, -0.1) is 0 Å². The number of hydrogen-bond acceptors (Lipinski definition) is 2. The summed E-state index contributed by atoms with van der Waals surface area (Å²) in [4.78, 5) is 11.2. The molecule has 0 amide bonds. The highest BCUT2D eigenvalue weighted by atomic mass is 16.1. The first-order chi connectivity index (χ1) is 6.31. The van der Waals surface area contributed by atoms with Gasteiger partial charge in [-0.1, -0.05) is 19.8 Å². The Morgan fingerprint density at radius 3 is 3.08 bits per heavy atom. The summed E-state index contributed by atoms with van der Waals surface area (Å²) in [5.41, 5.74) is 0. The van der Waals surface area contributed by atoms with Crippen molar-refractivity contribution in [1.29, 1.82) is 0 Å². The third kappa shape index (κ3) is 1.78. The molecule has 1 heterocycles. The number of hydrogen-bond donors (Lipinski definition) is 1. The van der Waals surface area contributed by atoms with Crippen molar-refractivity contribution in [3.05, 3.63) is 0 Å². The average Bonchev–Trinajstić information content (AvgIpc) is 2.61. The Hall–Kier alpha value is -0.370. The van der Waals surface area contributed by atoms with Crippen LogP contribution in [0.3, 0.4) is 0 Å². The Labute approximate surface area is 80.1 Å². The van der Waals surface area contributed by atoms with Crippen molar-refractivity contribution in [2.75, 3.05) is 6.54 Å². The van der Waals surface area contributed by atoms with Gasteiger partial charge in [0.2, 0.25) is 0 Å². The molecule has 2 nitrogen and oxygen atoms in total. The normalized spacial score (nSPS) is 38.2. The first-order valence-electron chi connectivity index (χ1n) is 5.56. The van der Waals surface area contributed by atoms with E-state index in [1.165, 1.54) is 19.3 Å². The lowest BCUT2D eigenvalue weighted by atomic mass is 9.91. The lowest BCUT2D eigenvalue weighted by Crippen LogP contribution is -2.27. The quantitative estimate of drug-likeness (QED) is 0.718. The molecule has 3 unspecified atom stereocenters. The van der Waals surface area contributed by atoms with Crippen LogP contribution in [-0.2, 0) is 4.79 Å². The number of ketones is 1. The summed E-state index contributed by atoms with van der Waals surface area (Å²) < 4.78 is 0. The molecule has 1 saturated heterocycles. The molecule has 1 N–H and O–H groups in total. The molecule has 0 radical (unpaired) electrons. The smallest absolute Gasteiger partial charge is 0.133 e. The van der Waals surface area contributed by atoms with Crippen LogP contribution in [0.1, 0.15) is 39.0 Å². The van der Waals surface area contributed by atoms with Gasteiger partial charge in [0.1, 0.15) is 5.78 Å². The highest BCUT2D eigenvalue weighted by Crippen LogP contribution is 2.37. The largest absolute Gasteiger partial charge is 0.313 e. The molecule has 3 atom stereocenters. The monoisotopic (exact) mass is 181 g/mol. The second kappa shape index (κ2) is 3.79. The summed E-state index contributed by atoms with van der Waals surface area (Å²) in [5, 5.41) is 3.56. The number of carbonyl (C=O) groups is 1. The van der Waals surface area contributed by atoms with E-state index in [1.807, 2.05) is 0 Å². The second-order valence-corrected chi connectivity index (χ2v) is 4.53. The fourth-order valence-electron chi connectivity index (χ4n) is 2.85. The summed E-state index contributed by atoms with van der Waals surface area (Å²) in [7, 11) is 0.